The molecule has 4 heteroatoms. The predicted molar refractivity (Wildman–Crippen MR) is 52.0 cm³/mol. The minimum Gasteiger partial charge on any atom is -0.343 e. The molecule has 0 aliphatic heterocycles. The SMILES string of the molecule is CCN.O=[PH](O)c1ccccc1. The molecule has 0 heterocycles. The van der Waals surface area contributed by atoms with E-state index in [-0.39, 0.29) is 0 Å². The molecule has 0 radical (unpaired) electrons. The normalized spacial score (nSPS) is 11.2. The molecule has 0 aliphatic rings. The summed E-state index contributed by atoms with van der Waals surface area (Å²) in [6, 6.07) is 8.58. The third-order valence-electron chi connectivity index (χ3n) is 1.02. The molecule has 1 unspecified atom stereocenters. The van der Waals surface area contributed by atoms with Crippen molar-refractivity contribution >= 4 is 13.3 Å². The van der Waals surface area contributed by atoms with E-state index in [1.165, 1.54) is 0 Å². The van der Waals surface area contributed by atoms with Gasteiger partial charge >= 0.3 is 0 Å². The van der Waals surface area contributed by atoms with Crippen LogP contribution in [0.4, 0.5) is 0 Å². The standard InChI is InChI=1S/C6H7O2P.C2H7N/c7-9(8)6-4-2-1-3-5-6;1-2-3/h1-5,9H,(H,7,8);2-3H2,1H3. The van der Waals surface area contributed by atoms with Crippen molar-refractivity contribution in [3.05, 3.63) is 30.3 Å². The first kappa shape index (κ1) is 11.4. The summed E-state index contributed by atoms with van der Waals surface area (Å²) in [6.07, 6.45) is 0. The highest BCUT2D eigenvalue weighted by molar-refractivity contribution is 7.47. The van der Waals surface area contributed by atoms with Crippen molar-refractivity contribution in [2.24, 2.45) is 5.73 Å². The van der Waals surface area contributed by atoms with Crippen LogP contribution in [-0.2, 0) is 4.57 Å². The minimum absolute atomic E-state index is 0.516. The van der Waals surface area contributed by atoms with Crippen LogP contribution in [0.25, 0.3) is 0 Å². The van der Waals surface area contributed by atoms with E-state index in [2.05, 4.69) is 0 Å². The molecule has 68 valence electrons. The van der Waals surface area contributed by atoms with Crippen LogP contribution in [0.5, 0.6) is 0 Å². The zero-order valence-electron chi connectivity index (χ0n) is 7.03. The number of hydrogen-bond donors (Lipinski definition) is 2. The average Bonchev–Trinajstić information content (AvgIpc) is 2.07. The predicted octanol–water partition coefficient (Wildman–Crippen LogP) is 0.744. The molecule has 1 aromatic rings. The van der Waals surface area contributed by atoms with E-state index in [9.17, 15) is 4.57 Å². The van der Waals surface area contributed by atoms with Crippen LogP contribution in [0.2, 0.25) is 0 Å². The van der Waals surface area contributed by atoms with E-state index in [1.807, 2.05) is 13.0 Å². The fourth-order valence-corrected chi connectivity index (χ4v) is 1.06. The van der Waals surface area contributed by atoms with Crippen LogP contribution in [0.15, 0.2) is 30.3 Å². The van der Waals surface area contributed by atoms with Gasteiger partial charge in [0.2, 0.25) is 8.03 Å². The lowest BCUT2D eigenvalue weighted by atomic mass is 10.4. The van der Waals surface area contributed by atoms with Crippen molar-refractivity contribution in [2.75, 3.05) is 6.54 Å². The summed E-state index contributed by atoms with van der Waals surface area (Å²) in [5.41, 5.74) is 4.85. The van der Waals surface area contributed by atoms with Gasteiger partial charge < -0.3 is 10.6 Å². The minimum atomic E-state index is -2.46. The number of benzene rings is 1. The van der Waals surface area contributed by atoms with Gasteiger partial charge in [0.25, 0.3) is 0 Å². The quantitative estimate of drug-likeness (QED) is 0.637. The Bertz CT molecular complexity index is 226. The van der Waals surface area contributed by atoms with E-state index in [1.54, 1.807) is 24.3 Å². The summed E-state index contributed by atoms with van der Waals surface area (Å²) in [5, 5.41) is 0.516. The lowest BCUT2D eigenvalue weighted by molar-refractivity contribution is 0.513. The first-order chi connectivity index (χ1) is 5.72. The van der Waals surface area contributed by atoms with Crippen molar-refractivity contribution < 1.29 is 9.46 Å². The third-order valence-corrected chi connectivity index (χ3v) is 1.85. The Labute approximate surface area is 73.1 Å². The molecule has 0 fully saturated rings. The smallest absolute Gasteiger partial charge is 0.218 e. The lowest BCUT2D eigenvalue weighted by Crippen LogP contribution is -1.91. The molecule has 12 heavy (non-hydrogen) atoms. The van der Waals surface area contributed by atoms with Crippen molar-refractivity contribution in [2.45, 2.75) is 6.92 Å². The lowest BCUT2D eigenvalue weighted by Gasteiger charge is -1.90. The van der Waals surface area contributed by atoms with E-state index >= 15 is 0 Å². The molecule has 3 N–H and O–H groups in total. The van der Waals surface area contributed by atoms with Crippen molar-refractivity contribution in [1.82, 2.24) is 0 Å². The Morgan fingerprint density at radius 1 is 1.42 bits per heavy atom. The van der Waals surface area contributed by atoms with Gasteiger partial charge in [0.05, 0.1) is 0 Å². The van der Waals surface area contributed by atoms with Crippen molar-refractivity contribution in [1.29, 1.82) is 0 Å². The maximum Gasteiger partial charge on any atom is 0.218 e. The maximum atomic E-state index is 10.4. The Kier molecular flexibility index (Phi) is 6.67. The van der Waals surface area contributed by atoms with Crippen LogP contribution >= 0.6 is 8.03 Å². The fraction of sp³-hybridized carbons (Fsp3) is 0.250. The highest BCUT2D eigenvalue weighted by atomic mass is 31.1. The van der Waals surface area contributed by atoms with Gasteiger partial charge in [-0.2, -0.15) is 0 Å². The van der Waals surface area contributed by atoms with Crippen LogP contribution in [-0.4, -0.2) is 11.4 Å². The third kappa shape index (κ3) is 5.08. The highest BCUT2D eigenvalue weighted by Gasteiger charge is 1.92. The van der Waals surface area contributed by atoms with Gasteiger partial charge in [-0.15, -0.1) is 0 Å². The summed E-state index contributed by atoms with van der Waals surface area (Å²) in [7, 11) is -2.46. The Morgan fingerprint density at radius 2 is 1.83 bits per heavy atom. The topological polar surface area (TPSA) is 63.3 Å². The van der Waals surface area contributed by atoms with Gasteiger partial charge in [0.1, 0.15) is 0 Å². The summed E-state index contributed by atoms with van der Waals surface area (Å²) in [5.74, 6) is 0. The van der Waals surface area contributed by atoms with E-state index in [0.717, 1.165) is 6.54 Å². The number of rotatable bonds is 1. The van der Waals surface area contributed by atoms with Crippen LogP contribution in [0.1, 0.15) is 6.92 Å². The Hall–Kier alpha value is -0.630. The largest absolute Gasteiger partial charge is 0.343 e. The summed E-state index contributed by atoms with van der Waals surface area (Å²) in [6.45, 7) is 2.65. The average molecular weight is 187 g/mol. The first-order valence-electron chi connectivity index (χ1n) is 3.70. The summed E-state index contributed by atoms with van der Waals surface area (Å²) < 4.78 is 10.4. The number of hydrogen-bond acceptors (Lipinski definition) is 2. The zero-order chi connectivity index (χ0) is 9.40. The van der Waals surface area contributed by atoms with Gasteiger partial charge in [-0.1, -0.05) is 25.1 Å². The molecular weight excluding hydrogens is 173 g/mol. The van der Waals surface area contributed by atoms with Gasteiger partial charge in [0, 0.05) is 5.30 Å². The van der Waals surface area contributed by atoms with Gasteiger partial charge in [-0.05, 0) is 18.7 Å². The van der Waals surface area contributed by atoms with Gasteiger partial charge in [-0.3, -0.25) is 4.57 Å². The number of nitrogens with two attached hydrogens (primary N) is 1. The fourth-order valence-electron chi connectivity index (χ4n) is 0.581. The van der Waals surface area contributed by atoms with E-state index < -0.39 is 8.03 Å². The molecule has 0 amide bonds. The molecule has 0 saturated carbocycles. The molecule has 1 atom stereocenters. The van der Waals surface area contributed by atoms with E-state index in [4.69, 9.17) is 10.6 Å². The molecule has 0 spiro atoms. The first-order valence-corrected chi connectivity index (χ1v) is 5.06. The molecule has 0 bridgehead atoms. The highest BCUT2D eigenvalue weighted by Crippen LogP contribution is 2.10. The molecule has 0 aliphatic carbocycles. The molecule has 1 aromatic carbocycles. The van der Waals surface area contributed by atoms with E-state index in [0.29, 0.717) is 5.30 Å². The molecule has 0 aromatic heterocycles. The van der Waals surface area contributed by atoms with Crippen LogP contribution in [0, 0.1) is 0 Å². The van der Waals surface area contributed by atoms with Crippen LogP contribution < -0.4 is 11.0 Å². The Morgan fingerprint density at radius 3 is 2.08 bits per heavy atom. The molecule has 0 saturated heterocycles. The molecule has 3 nitrogen and oxygen atoms in total. The second kappa shape index (κ2) is 7.04. The van der Waals surface area contributed by atoms with Crippen molar-refractivity contribution in [3.63, 3.8) is 0 Å². The van der Waals surface area contributed by atoms with Gasteiger partial charge in [0.15, 0.2) is 0 Å². The molecule has 1 rings (SSSR count). The summed E-state index contributed by atoms with van der Waals surface area (Å²) in [4.78, 5) is 8.57. The van der Waals surface area contributed by atoms with Gasteiger partial charge in [-0.25, -0.2) is 0 Å². The molecular formula is C8H14NO2P. The summed E-state index contributed by atoms with van der Waals surface area (Å²) >= 11 is 0. The monoisotopic (exact) mass is 187 g/mol. The van der Waals surface area contributed by atoms with Crippen LogP contribution in [0.3, 0.4) is 0 Å². The zero-order valence-corrected chi connectivity index (χ0v) is 8.03. The second-order valence-corrected chi connectivity index (χ2v) is 3.27. The Balaban J connectivity index is 0.000000354. The van der Waals surface area contributed by atoms with Crippen molar-refractivity contribution in [3.8, 4) is 0 Å². The second-order valence-electron chi connectivity index (χ2n) is 2.08. The maximum absolute atomic E-state index is 10.4.